The Morgan fingerprint density at radius 3 is 2.68 bits per heavy atom. The predicted molar refractivity (Wildman–Crippen MR) is 142 cm³/mol. The fourth-order valence-electron chi connectivity index (χ4n) is 4.17. The summed E-state index contributed by atoms with van der Waals surface area (Å²) in [5, 5.41) is 16.3. The third kappa shape index (κ3) is 5.34. The van der Waals surface area contributed by atoms with Crippen molar-refractivity contribution in [3.8, 4) is 6.07 Å². The third-order valence-electron chi connectivity index (χ3n) is 5.98. The molecule has 1 aliphatic rings. The van der Waals surface area contributed by atoms with Crippen LogP contribution in [0.4, 0.5) is 27.3 Å². The number of fused-ring (bicyclic) bond motifs is 1. The number of aromatic nitrogens is 3. The first-order chi connectivity index (χ1) is 18.0. The first kappa shape index (κ1) is 24.2. The number of hydrogen-bond donors (Lipinski definition) is 2. The molecule has 0 unspecified atom stereocenters. The van der Waals surface area contributed by atoms with Gasteiger partial charge in [0.2, 0.25) is 0 Å². The Bertz CT molecular complexity index is 1550. The van der Waals surface area contributed by atoms with E-state index in [0.29, 0.717) is 33.8 Å². The summed E-state index contributed by atoms with van der Waals surface area (Å²) in [5.74, 6) is -0.614. The molecule has 0 saturated carbocycles. The molecule has 184 valence electrons. The highest BCUT2D eigenvalue weighted by Crippen LogP contribution is 2.36. The Morgan fingerprint density at radius 2 is 1.95 bits per heavy atom. The van der Waals surface area contributed by atoms with Gasteiger partial charge in [0.1, 0.15) is 29.6 Å². The molecule has 1 aliphatic heterocycles. The number of amides is 1. The number of nitriles is 1. The smallest absolute Gasteiger partial charge is 0.266 e. The van der Waals surface area contributed by atoms with Crippen molar-refractivity contribution in [2.45, 2.75) is 12.8 Å². The van der Waals surface area contributed by atoms with Gasteiger partial charge in [-0.1, -0.05) is 17.7 Å². The second-order valence-electron chi connectivity index (χ2n) is 8.44. The lowest BCUT2D eigenvalue weighted by Gasteiger charge is -2.22. The van der Waals surface area contributed by atoms with Crippen molar-refractivity contribution >= 4 is 57.4 Å². The molecule has 2 N–H and O–H groups in total. The van der Waals surface area contributed by atoms with Crippen LogP contribution in [-0.4, -0.2) is 33.9 Å². The zero-order valence-electron chi connectivity index (χ0n) is 19.6. The van der Waals surface area contributed by atoms with E-state index in [1.807, 2.05) is 12.1 Å². The first-order valence-corrected chi connectivity index (χ1v) is 12.0. The van der Waals surface area contributed by atoms with Gasteiger partial charge in [-0.2, -0.15) is 5.26 Å². The fraction of sp³-hybridized carbons (Fsp3) is 0.148. The second kappa shape index (κ2) is 10.6. The molecule has 1 saturated heterocycles. The molecule has 0 bridgehead atoms. The molecular formula is C27H21ClFN7O. The summed E-state index contributed by atoms with van der Waals surface area (Å²) >= 11 is 5.94. The van der Waals surface area contributed by atoms with Gasteiger partial charge >= 0.3 is 0 Å². The molecule has 5 rings (SSSR count). The SMILES string of the molecule is N#CC(=Cc1ccccn1)C(=O)Nc1cc2c(Nc3ccc(F)c(Cl)c3)ncnc2cc1N1CCCC1. The van der Waals surface area contributed by atoms with Crippen molar-refractivity contribution in [3.63, 3.8) is 0 Å². The molecule has 4 aromatic rings. The number of halogens is 2. The van der Waals surface area contributed by atoms with E-state index < -0.39 is 11.7 Å². The van der Waals surface area contributed by atoms with Crippen LogP contribution >= 0.6 is 11.6 Å². The molecule has 2 aromatic heterocycles. The Morgan fingerprint density at radius 1 is 1.11 bits per heavy atom. The number of carbonyl (C=O) groups excluding carboxylic acids is 1. The molecule has 8 nitrogen and oxygen atoms in total. The minimum atomic E-state index is -0.551. The standard InChI is InChI=1S/C27H21ClFN7O/c28-21-12-19(6-7-22(21)29)34-26-20-13-24(25(36-9-3-4-10-36)14-23(20)32-16-33-26)35-27(37)17(15-30)11-18-5-1-2-8-31-18/h1-2,5-8,11-14,16H,3-4,9-10H2,(H,35,37)(H,32,33,34). The number of nitrogens with one attached hydrogen (secondary N) is 2. The second-order valence-corrected chi connectivity index (χ2v) is 8.84. The largest absolute Gasteiger partial charge is 0.370 e. The van der Waals surface area contributed by atoms with Gasteiger partial charge in [-0.05, 0) is 61.4 Å². The Balaban J connectivity index is 1.55. The Hall–Kier alpha value is -4.55. The van der Waals surface area contributed by atoms with E-state index in [9.17, 15) is 14.4 Å². The van der Waals surface area contributed by atoms with Crippen LogP contribution in [0.25, 0.3) is 17.0 Å². The van der Waals surface area contributed by atoms with Gasteiger partial charge in [-0.3, -0.25) is 9.78 Å². The van der Waals surface area contributed by atoms with E-state index in [2.05, 4.69) is 30.5 Å². The van der Waals surface area contributed by atoms with E-state index in [4.69, 9.17) is 11.6 Å². The molecule has 37 heavy (non-hydrogen) atoms. The van der Waals surface area contributed by atoms with E-state index in [-0.39, 0.29) is 10.6 Å². The van der Waals surface area contributed by atoms with Crippen LogP contribution in [-0.2, 0) is 4.79 Å². The van der Waals surface area contributed by atoms with Crippen LogP contribution in [0.2, 0.25) is 5.02 Å². The molecule has 10 heteroatoms. The van der Waals surface area contributed by atoms with E-state index in [0.717, 1.165) is 31.6 Å². The molecular weight excluding hydrogens is 493 g/mol. The van der Waals surface area contributed by atoms with Crippen molar-refractivity contribution in [2.24, 2.45) is 0 Å². The van der Waals surface area contributed by atoms with Crippen molar-refractivity contribution < 1.29 is 9.18 Å². The minimum Gasteiger partial charge on any atom is -0.370 e. The maximum Gasteiger partial charge on any atom is 0.266 e. The molecule has 0 atom stereocenters. The average Bonchev–Trinajstić information content (AvgIpc) is 3.45. The van der Waals surface area contributed by atoms with Crippen LogP contribution in [0.15, 0.2) is 66.6 Å². The average molecular weight is 514 g/mol. The highest BCUT2D eigenvalue weighted by atomic mass is 35.5. The maximum absolute atomic E-state index is 13.6. The summed E-state index contributed by atoms with van der Waals surface area (Å²) in [7, 11) is 0. The number of hydrogen-bond acceptors (Lipinski definition) is 7. The predicted octanol–water partition coefficient (Wildman–Crippen LogP) is 5.71. The van der Waals surface area contributed by atoms with Crippen LogP contribution in [0, 0.1) is 17.1 Å². The van der Waals surface area contributed by atoms with Crippen LogP contribution in [0.5, 0.6) is 0 Å². The van der Waals surface area contributed by atoms with E-state index in [1.165, 1.54) is 24.5 Å². The lowest BCUT2D eigenvalue weighted by Crippen LogP contribution is -2.22. The van der Waals surface area contributed by atoms with Crippen LogP contribution in [0.1, 0.15) is 18.5 Å². The van der Waals surface area contributed by atoms with Crippen molar-refractivity contribution in [1.29, 1.82) is 5.26 Å². The first-order valence-electron chi connectivity index (χ1n) is 11.6. The van der Waals surface area contributed by atoms with Crippen molar-refractivity contribution in [1.82, 2.24) is 15.0 Å². The van der Waals surface area contributed by atoms with Crippen molar-refractivity contribution in [2.75, 3.05) is 28.6 Å². The number of nitrogens with zero attached hydrogens (tertiary/aromatic N) is 5. The molecule has 3 heterocycles. The quantitative estimate of drug-likeness (QED) is 0.251. The summed E-state index contributed by atoms with van der Waals surface area (Å²) in [6.45, 7) is 1.68. The summed E-state index contributed by atoms with van der Waals surface area (Å²) in [5.41, 5.74) is 2.97. The summed E-state index contributed by atoms with van der Waals surface area (Å²) in [6.07, 6.45) is 6.55. The molecule has 0 radical (unpaired) electrons. The third-order valence-corrected chi connectivity index (χ3v) is 6.26. The van der Waals surface area contributed by atoms with Gasteiger partial charge in [0.05, 0.1) is 27.6 Å². The lowest BCUT2D eigenvalue weighted by molar-refractivity contribution is -0.112. The summed E-state index contributed by atoms with van der Waals surface area (Å²) in [6, 6.07) is 15.2. The van der Waals surface area contributed by atoms with Gasteiger partial charge in [0.25, 0.3) is 5.91 Å². The number of anilines is 4. The number of carbonyl (C=O) groups is 1. The highest BCUT2D eigenvalue weighted by molar-refractivity contribution is 6.31. The van der Waals surface area contributed by atoms with Crippen LogP contribution in [0.3, 0.4) is 0 Å². The fourth-order valence-corrected chi connectivity index (χ4v) is 4.35. The van der Waals surface area contributed by atoms with Crippen LogP contribution < -0.4 is 15.5 Å². The van der Waals surface area contributed by atoms with Gasteiger partial charge in [0.15, 0.2) is 0 Å². The molecule has 1 fully saturated rings. The highest BCUT2D eigenvalue weighted by Gasteiger charge is 2.21. The number of rotatable bonds is 6. The van der Waals surface area contributed by atoms with Gasteiger partial charge < -0.3 is 15.5 Å². The summed E-state index contributed by atoms with van der Waals surface area (Å²) in [4.78, 5) is 28.3. The van der Waals surface area contributed by atoms with E-state index >= 15 is 0 Å². The lowest BCUT2D eigenvalue weighted by atomic mass is 10.1. The topological polar surface area (TPSA) is 107 Å². The monoisotopic (exact) mass is 513 g/mol. The maximum atomic E-state index is 13.6. The zero-order valence-corrected chi connectivity index (χ0v) is 20.3. The minimum absolute atomic E-state index is 0.0173. The van der Waals surface area contributed by atoms with Gasteiger partial charge in [-0.15, -0.1) is 0 Å². The zero-order chi connectivity index (χ0) is 25.8. The Labute approximate surface area is 217 Å². The van der Waals surface area contributed by atoms with Gasteiger partial charge in [0, 0.05) is 30.4 Å². The normalized spacial score (nSPS) is 13.4. The van der Waals surface area contributed by atoms with Crippen molar-refractivity contribution in [3.05, 3.63) is 83.2 Å². The molecule has 0 spiro atoms. The number of benzene rings is 2. The van der Waals surface area contributed by atoms with E-state index in [1.54, 1.807) is 36.5 Å². The molecule has 2 aromatic carbocycles. The Kier molecular flexibility index (Phi) is 6.92. The molecule has 1 amide bonds. The van der Waals surface area contributed by atoms with Gasteiger partial charge in [-0.25, -0.2) is 14.4 Å². The summed E-state index contributed by atoms with van der Waals surface area (Å²) < 4.78 is 13.6. The number of pyridine rings is 1. The molecule has 0 aliphatic carbocycles.